The second-order valence-corrected chi connectivity index (χ2v) is 18.5. The van der Waals surface area contributed by atoms with Crippen LogP contribution in [0.1, 0.15) is 99.1 Å². The van der Waals surface area contributed by atoms with Crippen molar-refractivity contribution in [2.24, 2.45) is 0 Å². The SMILES string of the molecule is CCOC(=O)C1(c2ccc3c(c2)C(C)(C)CCC3(C)C)OCC(c2ccccc2)(c2ccccc2)CO1.CCOC(=O)C1(c2ccco2)OCC(c2ccccc2)(c2ccccc2)CO1. The van der Waals surface area contributed by atoms with Crippen LogP contribution in [-0.2, 0) is 71.2 Å². The Hall–Kier alpha value is -5.84. The van der Waals surface area contributed by atoms with Crippen LogP contribution in [0, 0.1) is 0 Å². The number of esters is 2. The van der Waals surface area contributed by atoms with Gasteiger partial charge >= 0.3 is 17.7 Å². The minimum absolute atomic E-state index is 0.0107. The highest BCUT2D eigenvalue weighted by molar-refractivity contribution is 5.80. The van der Waals surface area contributed by atoms with E-state index in [1.807, 2.05) is 110 Å². The molecule has 0 radical (unpaired) electrons. The topological polar surface area (TPSA) is 103 Å². The van der Waals surface area contributed by atoms with Crippen molar-refractivity contribution in [1.82, 2.24) is 0 Å². The zero-order chi connectivity index (χ0) is 45.8. The van der Waals surface area contributed by atoms with Crippen LogP contribution in [0.2, 0.25) is 0 Å². The summed E-state index contributed by atoms with van der Waals surface area (Å²) in [7, 11) is 0. The van der Waals surface area contributed by atoms with E-state index in [0.29, 0.717) is 5.56 Å². The van der Waals surface area contributed by atoms with E-state index in [1.165, 1.54) is 17.4 Å². The number of ether oxygens (including phenoxy) is 6. The van der Waals surface area contributed by atoms with Crippen molar-refractivity contribution < 1.29 is 42.4 Å². The number of fused-ring (bicyclic) bond motifs is 1. The van der Waals surface area contributed by atoms with E-state index in [0.717, 1.165) is 35.1 Å². The average Bonchev–Trinajstić information content (AvgIpc) is 3.91. The van der Waals surface area contributed by atoms with Crippen LogP contribution < -0.4 is 0 Å². The molecule has 3 heterocycles. The maximum Gasteiger partial charge on any atom is 0.375 e. The van der Waals surface area contributed by atoms with Gasteiger partial charge in [-0.15, -0.1) is 0 Å². The standard InChI is InChI=1S/C33H38O4.C23H22O5/c1-6-35-29(34)33(26-17-18-27-28(21-26)31(4,5)20-19-30(27,2)3)36-22-32(23-37-33,24-13-9-7-10-14-24)25-15-11-8-12-16-25;1-2-25-21(24)23(20-14-9-15-26-20)27-16-22(17-28-23,18-10-5-3-6-11-18)19-12-7-4-8-13-19/h7-18,21H,6,19-20,22-23H2,1-5H3;3-15H,2,16-17H2,1H3. The summed E-state index contributed by atoms with van der Waals surface area (Å²) in [4.78, 5) is 26.4. The lowest BCUT2D eigenvalue weighted by Crippen LogP contribution is -2.55. The maximum absolute atomic E-state index is 13.6. The first kappa shape index (κ1) is 45.7. The Bertz CT molecular complexity index is 2420. The molecule has 0 N–H and O–H groups in total. The number of hydrogen-bond donors (Lipinski definition) is 0. The number of carbonyl (C=O) groups excluding carboxylic acids is 2. The van der Waals surface area contributed by atoms with E-state index < -0.39 is 34.3 Å². The second kappa shape index (κ2) is 18.6. The molecular weight excluding hydrogens is 817 g/mol. The average molecular weight is 877 g/mol. The van der Waals surface area contributed by atoms with Gasteiger partial charge < -0.3 is 32.8 Å². The molecule has 5 aromatic carbocycles. The quantitative estimate of drug-likeness (QED) is 0.124. The Labute approximate surface area is 383 Å². The smallest absolute Gasteiger partial charge is 0.375 e. The van der Waals surface area contributed by atoms with Gasteiger partial charge in [-0.25, -0.2) is 9.59 Å². The molecule has 9 heteroatoms. The van der Waals surface area contributed by atoms with Gasteiger partial charge in [-0.2, -0.15) is 0 Å². The first-order valence-electron chi connectivity index (χ1n) is 22.7. The van der Waals surface area contributed by atoms with Crippen molar-refractivity contribution in [2.75, 3.05) is 39.6 Å². The highest BCUT2D eigenvalue weighted by atomic mass is 16.7. The van der Waals surface area contributed by atoms with Gasteiger partial charge in [0.25, 0.3) is 5.79 Å². The number of benzene rings is 5. The largest absolute Gasteiger partial charge is 0.463 e. The third-order valence-corrected chi connectivity index (χ3v) is 13.6. The summed E-state index contributed by atoms with van der Waals surface area (Å²) in [6, 6.07) is 50.2. The van der Waals surface area contributed by atoms with Gasteiger partial charge in [-0.3, -0.25) is 0 Å². The number of furan rings is 1. The highest BCUT2D eigenvalue weighted by Crippen LogP contribution is 2.49. The Balaban J connectivity index is 0.000000184. The summed E-state index contributed by atoms with van der Waals surface area (Å²) in [5.41, 5.74) is 6.53. The van der Waals surface area contributed by atoms with E-state index in [2.05, 4.69) is 64.1 Å². The van der Waals surface area contributed by atoms with Crippen LogP contribution in [0.5, 0.6) is 0 Å². The Morgan fingerprint density at radius 2 is 0.846 bits per heavy atom. The number of rotatable bonds is 10. The Morgan fingerprint density at radius 1 is 0.462 bits per heavy atom. The van der Waals surface area contributed by atoms with E-state index >= 15 is 0 Å². The molecule has 3 aliphatic rings. The molecule has 2 saturated heterocycles. The van der Waals surface area contributed by atoms with Crippen molar-refractivity contribution in [2.45, 2.75) is 87.6 Å². The van der Waals surface area contributed by atoms with Gasteiger partial charge in [0.05, 0.1) is 56.7 Å². The summed E-state index contributed by atoms with van der Waals surface area (Å²) in [5.74, 6) is -4.15. The molecule has 0 bridgehead atoms. The summed E-state index contributed by atoms with van der Waals surface area (Å²) < 4.78 is 41.8. The zero-order valence-corrected chi connectivity index (χ0v) is 38.3. The monoisotopic (exact) mass is 876 g/mol. The third kappa shape index (κ3) is 8.47. The van der Waals surface area contributed by atoms with Crippen molar-refractivity contribution in [3.63, 3.8) is 0 Å². The van der Waals surface area contributed by atoms with Gasteiger partial charge in [0.1, 0.15) is 0 Å². The van der Waals surface area contributed by atoms with E-state index in [9.17, 15) is 9.59 Å². The van der Waals surface area contributed by atoms with Crippen LogP contribution in [0.3, 0.4) is 0 Å². The first-order valence-corrected chi connectivity index (χ1v) is 22.7. The molecule has 338 valence electrons. The molecule has 65 heavy (non-hydrogen) atoms. The van der Waals surface area contributed by atoms with E-state index in [4.69, 9.17) is 32.8 Å². The minimum Gasteiger partial charge on any atom is -0.463 e. The normalized spacial score (nSPS) is 19.6. The molecule has 0 amide bonds. The molecular formula is C56H60O9. The fourth-order valence-electron chi connectivity index (χ4n) is 9.57. The molecule has 0 spiro atoms. The van der Waals surface area contributed by atoms with E-state index in [-0.39, 0.29) is 56.2 Å². The molecule has 9 rings (SSSR count). The van der Waals surface area contributed by atoms with E-state index in [1.54, 1.807) is 19.1 Å². The van der Waals surface area contributed by atoms with Gasteiger partial charge in [0, 0.05) is 5.56 Å². The Morgan fingerprint density at radius 3 is 1.23 bits per heavy atom. The van der Waals surface area contributed by atoms with Crippen LogP contribution in [0.15, 0.2) is 162 Å². The fraction of sp³-hybridized carbons (Fsp3) is 0.357. The lowest BCUT2D eigenvalue weighted by atomic mass is 9.63. The van der Waals surface area contributed by atoms with Gasteiger partial charge in [0.2, 0.25) is 0 Å². The van der Waals surface area contributed by atoms with Crippen LogP contribution >= 0.6 is 0 Å². The van der Waals surface area contributed by atoms with Crippen LogP contribution in [-0.4, -0.2) is 51.6 Å². The molecule has 1 aromatic heterocycles. The van der Waals surface area contributed by atoms with Gasteiger partial charge in [-0.1, -0.05) is 161 Å². The maximum atomic E-state index is 13.6. The summed E-state index contributed by atoms with van der Waals surface area (Å²) >= 11 is 0. The first-order chi connectivity index (χ1) is 31.4. The summed E-state index contributed by atoms with van der Waals surface area (Å²) in [6.07, 6.45) is 3.69. The second-order valence-electron chi connectivity index (χ2n) is 18.5. The molecule has 1 aliphatic carbocycles. The van der Waals surface area contributed by atoms with Crippen LogP contribution in [0.25, 0.3) is 0 Å². The number of carbonyl (C=O) groups is 2. The van der Waals surface area contributed by atoms with Crippen molar-refractivity contribution >= 4 is 11.9 Å². The number of hydrogen-bond acceptors (Lipinski definition) is 9. The lowest BCUT2D eigenvalue weighted by Gasteiger charge is -2.46. The fourth-order valence-corrected chi connectivity index (χ4v) is 9.57. The molecule has 0 atom stereocenters. The summed E-state index contributed by atoms with van der Waals surface area (Å²) in [6.45, 7) is 14.2. The zero-order valence-electron chi connectivity index (χ0n) is 38.3. The molecule has 0 saturated carbocycles. The third-order valence-electron chi connectivity index (χ3n) is 13.6. The predicted octanol–water partition coefficient (Wildman–Crippen LogP) is 10.8. The lowest BCUT2D eigenvalue weighted by molar-refractivity contribution is -0.296. The molecule has 2 fully saturated rings. The van der Waals surface area contributed by atoms with Crippen LogP contribution in [0.4, 0.5) is 0 Å². The van der Waals surface area contributed by atoms with Crippen molar-refractivity contribution in [1.29, 1.82) is 0 Å². The molecule has 0 unspecified atom stereocenters. The van der Waals surface area contributed by atoms with Crippen molar-refractivity contribution in [3.8, 4) is 0 Å². The molecule has 2 aliphatic heterocycles. The summed E-state index contributed by atoms with van der Waals surface area (Å²) in [5, 5.41) is 0. The molecule has 9 nitrogen and oxygen atoms in total. The van der Waals surface area contributed by atoms with Crippen molar-refractivity contribution in [3.05, 3.63) is 203 Å². The van der Waals surface area contributed by atoms with Gasteiger partial charge in [-0.05, 0) is 89.1 Å². The minimum atomic E-state index is -1.70. The Kier molecular flexibility index (Phi) is 13.1. The predicted molar refractivity (Wildman–Crippen MR) is 248 cm³/mol. The highest BCUT2D eigenvalue weighted by Gasteiger charge is 2.56. The van der Waals surface area contributed by atoms with Gasteiger partial charge in [0.15, 0.2) is 5.76 Å². The molecule has 6 aromatic rings.